The highest BCUT2D eigenvalue weighted by Gasteiger charge is 2.53. The summed E-state index contributed by atoms with van der Waals surface area (Å²) in [6.45, 7) is 7.86. The number of carbonyl (C=O) groups is 1. The number of ether oxygens (including phenoxy) is 1. The third kappa shape index (κ3) is 1.76. The molecule has 0 saturated carbocycles. The molecule has 3 nitrogen and oxygen atoms in total. The summed E-state index contributed by atoms with van der Waals surface area (Å²) in [6, 6.07) is -0.0648. The molecular weight excluding hydrogens is 226 g/mol. The molecular formula is C12H18ClNO2. The van der Waals surface area contributed by atoms with Crippen molar-refractivity contribution < 1.29 is 9.53 Å². The van der Waals surface area contributed by atoms with E-state index < -0.39 is 5.72 Å². The Morgan fingerprint density at radius 1 is 1.38 bits per heavy atom. The van der Waals surface area contributed by atoms with E-state index >= 15 is 0 Å². The van der Waals surface area contributed by atoms with Gasteiger partial charge < -0.3 is 9.64 Å². The molecule has 1 amide bonds. The molecule has 2 aliphatic heterocycles. The van der Waals surface area contributed by atoms with E-state index in [0.29, 0.717) is 12.8 Å². The first-order chi connectivity index (χ1) is 7.24. The number of nitrogens with zero attached hydrogens (tertiary/aromatic N) is 1. The second kappa shape index (κ2) is 3.47. The highest BCUT2D eigenvalue weighted by molar-refractivity contribution is 6.29. The summed E-state index contributed by atoms with van der Waals surface area (Å²) in [4.78, 5) is 13.9. The van der Waals surface area contributed by atoms with Crippen LogP contribution in [0.5, 0.6) is 0 Å². The molecule has 0 N–H and O–H groups in total. The lowest BCUT2D eigenvalue weighted by molar-refractivity contribution is -0.149. The summed E-state index contributed by atoms with van der Waals surface area (Å²) < 4.78 is 5.96. The van der Waals surface area contributed by atoms with Crippen molar-refractivity contribution >= 4 is 17.5 Å². The summed E-state index contributed by atoms with van der Waals surface area (Å²) in [5.41, 5.74) is -0.938. The zero-order valence-corrected chi connectivity index (χ0v) is 11.0. The Labute approximate surface area is 101 Å². The van der Waals surface area contributed by atoms with Crippen LogP contribution in [0.3, 0.4) is 0 Å². The molecule has 1 fully saturated rings. The Hall–Kier alpha value is -0.540. The molecule has 0 unspecified atom stereocenters. The molecule has 0 bridgehead atoms. The van der Waals surface area contributed by atoms with E-state index in [1.165, 1.54) is 0 Å². The predicted octanol–water partition coefficient (Wildman–Crippen LogP) is 2.65. The standard InChI is InChI=1S/C12H18ClNO2/c1-11(2)9-7-8(13)5-6-10(15)14(9)12(3,4)16-11/h7,9H,5-6H2,1-4H3/t9-/m1/s1. The second-order valence-corrected chi connectivity index (χ2v) is 5.96. The normalized spacial score (nSPS) is 32.1. The van der Waals surface area contributed by atoms with E-state index in [1.807, 2.05) is 38.7 Å². The number of hydrogen-bond acceptors (Lipinski definition) is 2. The van der Waals surface area contributed by atoms with Crippen molar-refractivity contribution in [3.05, 3.63) is 11.1 Å². The van der Waals surface area contributed by atoms with Crippen molar-refractivity contribution in [1.29, 1.82) is 0 Å². The van der Waals surface area contributed by atoms with Crippen molar-refractivity contribution in [2.45, 2.75) is 57.9 Å². The zero-order valence-electron chi connectivity index (χ0n) is 10.2. The molecule has 4 heteroatoms. The van der Waals surface area contributed by atoms with Gasteiger partial charge in [0.25, 0.3) is 0 Å². The molecule has 0 spiro atoms. The van der Waals surface area contributed by atoms with Crippen molar-refractivity contribution in [3.8, 4) is 0 Å². The first-order valence-electron chi connectivity index (χ1n) is 5.62. The molecule has 2 aliphatic rings. The maximum Gasteiger partial charge on any atom is 0.225 e. The molecule has 2 heterocycles. The third-order valence-corrected chi connectivity index (χ3v) is 3.58. The quantitative estimate of drug-likeness (QED) is 0.655. The maximum atomic E-state index is 12.1. The smallest absolute Gasteiger partial charge is 0.225 e. The molecule has 0 aromatic heterocycles. The van der Waals surface area contributed by atoms with Gasteiger partial charge in [-0.25, -0.2) is 0 Å². The molecule has 16 heavy (non-hydrogen) atoms. The van der Waals surface area contributed by atoms with E-state index in [9.17, 15) is 4.79 Å². The zero-order chi connectivity index (χ0) is 12.1. The van der Waals surface area contributed by atoms with Crippen LogP contribution < -0.4 is 0 Å². The molecule has 0 aliphatic carbocycles. The summed E-state index contributed by atoms with van der Waals surface area (Å²) in [7, 11) is 0. The number of carbonyl (C=O) groups excluding carboxylic acids is 1. The van der Waals surface area contributed by atoms with Crippen molar-refractivity contribution in [2.75, 3.05) is 0 Å². The number of fused-ring (bicyclic) bond motifs is 1. The van der Waals surface area contributed by atoms with Crippen LogP contribution in [0.2, 0.25) is 0 Å². The fourth-order valence-electron chi connectivity index (χ4n) is 2.73. The molecule has 1 atom stereocenters. The van der Waals surface area contributed by atoms with Crippen molar-refractivity contribution in [3.63, 3.8) is 0 Å². The van der Waals surface area contributed by atoms with Gasteiger partial charge in [0.05, 0.1) is 11.6 Å². The highest BCUT2D eigenvalue weighted by Crippen LogP contribution is 2.42. The third-order valence-electron chi connectivity index (χ3n) is 3.27. The lowest BCUT2D eigenvalue weighted by atomic mass is 9.98. The summed E-state index contributed by atoms with van der Waals surface area (Å²) >= 11 is 6.10. The van der Waals surface area contributed by atoms with E-state index in [2.05, 4.69) is 0 Å². The highest BCUT2D eigenvalue weighted by atomic mass is 35.5. The Kier molecular flexibility index (Phi) is 2.59. The van der Waals surface area contributed by atoms with Crippen LogP contribution in [0, 0.1) is 0 Å². The molecule has 0 radical (unpaired) electrons. The summed E-state index contributed by atoms with van der Waals surface area (Å²) in [5.74, 6) is 0.118. The van der Waals surface area contributed by atoms with Gasteiger partial charge in [-0.2, -0.15) is 0 Å². The van der Waals surface area contributed by atoms with E-state index in [0.717, 1.165) is 5.03 Å². The van der Waals surface area contributed by atoms with Crippen LogP contribution >= 0.6 is 11.6 Å². The summed E-state index contributed by atoms with van der Waals surface area (Å²) in [5, 5.41) is 0.759. The van der Waals surface area contributed by atoms with Gasteiger partial charge in [0.1, 0.15) is 5.72 Å². The first-order valence-corrected chi connectivity index (χ1v) is 6.00. The van der Waals surface area contributed by atoms with Gasteiger partial charge >= 0.3 is 0 Å². The van der Waals surface area contributed by atoms with E-state index in [4.69, 9.17) is 16.3 Å². The molecule has 0 aromatic carbocycles. The van der Waals surface area contributed by atoms with Crippen molar-refractivity contribution in [1.82, 2.24) is 4.90 Å². The minimum absolute atomic E-state index is 0.0648. The topological polar surface area (TPSA) is 29.5 Å². The van der Waals surface area contributed by atoms with Crippen LogP contribution in [-0.4, -0.2) is 28.2 Å². The minimum atomic E-state index is -0.552. The summed E-state index contributed by atoms with van der Waals surface area (Å²) in [6.07, 6.45) is 3.06. The molecule has 2 rings (SSSR count). The van der Waals surface area contributed by atoms with Gasteiger partial charge in [0.15, 0.2) is 0 Å². The van der Waals surface area contributed by atoms with Gasteiger partial charge in [-0.1, -0.05) is 11.6 Å². The lowest BCUT2D eigenvalue weighted by Gasteiger charge is -2.31. The SMILES string of the molecule is CC1(C)OC(C)(C)N2C(=O)CCC(Cl)=C[C@@H]21. The minimum Gasteiger partial charge on any atom is -0.348 e. The maximum absolute atomic E-state index is 12.1. The first kappa shape index (κ1) is 11.9. The molecule has 1 saturated heterocycles. The van der Waals surface area contributed by atoms with Crippen molar-refractivity contribution in [2.24, 2.45) is 0 Å². The average molecular weight is 244 g/mol. The van der Waals surface area contributed by atoms with Gasteiger partial charge in [-0.15, -0.1) is 0 Å². The number of rotatable bonds is 0. The van der Waals surface area contributed by atoms with Gasteiger partial charge in [-0.05, 0) is 40.2 Å². The fourth-order valence-corrected chi connectivity index (χ4v) is 2.95. The van der Waals surface area contributed by atoms with Crippen LogP contribution in [0.4, 0.5) is 0 Å². The average Bonchev–Trinajstić information content (AvgIpc) is 2.25. The van der Waals surface area contributed by atoms with E-state index in [-0.39, 0.29) is 17.6 Å². The van der Waals surface area contributed by atoms with Crippen LogP contribution in [0.1, 0.15) is 40.5 Å². The second-order valence-electron chi connectivity index (χ2n) is 5.47. The monoisotopic (exact) mass is 243 g/mol. The fraction of sp³-hybridized carbons (Fsp3) is 0.750. The number of halogens is 1. The predicted molar refractivity (Wildman–Crippen MR) is 63.0 cm³/mol. The Bertz CT molecular complexity index is 360. The number of amides is 1. The van der Waals surface area contributed by atoms with Gasteiger partial charge in [0.2, 0.25) is 5.91 Å². The van der Waals surface area contributed by atoms with Gasteiger partial charge in [-0.3, -0.25) is 4.79 Å². The Balaban J connectivity index is 2.47. The Morgan fingerprint density at radius 3 is 2.62 bits per heavy atom. The van der Waals surface area contributed by atoms with E-state index in [1.54, 1.807) is 0 Å². The molecule has 0 aromatic rings. The van der Waals surface area contributed by atoms with Crippen LogP contribution in [0.15, 0.2) is 11.1 Å². The van der Waals surface area contributed by atoms with Crippen LogP contribution in [-0.2, 0) is 9.53 Å². The Morgan fingerprint density at radius 2 is 2.00 bits per heavy atom. The number of allylic oxidation sites excluding steroid dienone is 1. The largest absolute Gasteiger partial charge is 0.348 e. The van der Waals surface area contributed by atoms with Gasteiger partial charge in [0, 0.05) is 11.5 Å². The van der Waals surface area contributed by atoms with Crippen LogP contribution in [0.25, 0.3) is 0 Å². The lowest BCUT2D eigenvalue weighted by Crippen LogP contribution is -2.47. The number of hydrogen-bond donors (Lipinski definition) is 0. The molecule has 90 valence electrons.